The van der Waals surface area contributed by atoms with Gasteiger partial charge >= 0.3 is 0 Å². The second-order valence-corrected chi connectivity index (χ2v) is 4.86. The first-order chi connectivity index (χ1) is 11.0. The maximum atomic E-state index is 13.2. The molecular formula is C14H9ClF2N6. The molecule has 0 unspecified atom stereocenters. The molecule has 2 heterocycles. The quantitative estimate of drug-likeness (QED) is 0.715. The minimum absolute atomic E-state index is 0.0271. The third-order valence-electron chi connectivity index (χ3n) is 2.72. The molecule has 0 spiro atoms. The van der Waals surface area contributed by atoms with Crippen LogP contribution in [-0.4, -0.2) is 19.9 Å². The van der Waals surface area contributed by atoms with E-state index in [-0.39, 0.29) is 28.6 Å². The summed E-state index contributed by atoms with van der Waals surface area (Å²) >= 11 is 5.83. The van der Waals surface area contributed by atoms with E-state index < -0.39 is 11.6 Å². The number of halogens is 3. The van der Waals surface area contributed by atoms with Crippen molar-refractivity contribution in [1.29, 1.82) is 0 Å². The lowest BCUT2D eigenvalue weighted by molar-refractivity contribution is 0.584. The summed E-state index contributed by atoms with van der Waals surface area (Å²) < 4.78 is 26.4. The molecule has 0 aliphatic carbocycles. The van der Waals surface area contributed by atoms with Crippen LogP contribution in [0.4, 0.5) is 26.4 Å². The summed E-state index contributed by atoms with van der Waals surface area (Å²) in [5, 5.41) is 2.94. The number of hydrogen-bond acceptors (Lipinski definition) is 6. The van der Waals surface area contributed by atoms with E-state index in [0.29, 0.717) is 5.69 Å². The first-order valence-electron chi connectivity index (χ1n) is 6.37. The topological polar surface area (TPSA) is 89.6 Å². The highest BCUT2D eigenvalue weighted by Gasteiger charge is 2.10. The first kappa shape index (κ1) is 15.0. The predicted octanol–water partition coefficient (Wildman–Crippen LogP) is 3.19. The molecule has 0 saturated heterocycles. The molecular weight excluding hydrogens is 326 g/mol. The van der Waals surface area contributed by atoms with Gasteiger partial charge in [-0.05, 0) is 24.3 Å². The van der Waals surface area contributed by atoms with E-state index in [9.17, 15) is 8.78 Å². The van der Waals surface area contributed by atoms with E-state index in [4.69, 9.17) is 17.3 Å². The second-order valence-electron chi connectivity index (χ2n) is 4.47. The van der Waals surface area contributed by atoms with Crippen molar-refractivity contribution in [2.75, 3.05) is 11.1 Å². The van der Waals surface area contributed by atoms with Gasteiger partial charge in [0.05, 0.1) is 0 Å². The minimum Gasteiger partial charge on any atom is -0.368 e. The second kappa shape index (κ2) is 6.09. The van der Waals surface area contributed by atoms with E-state index >= 15 is 0 Å². The number of nitrogens with two attached hydrogens (primary N) is 1. The normalized spacial score (nSPS) is 10.6. The molecule has 1 aromatic carbocycles. The zero-order chi connectivity index (χ0) is 16.4. The largest absolute Gasteiger partial charge is 0.368 e. The van der Waals surface area contributed by atoms with Gasteiger partial charge in [-0.25, -0.2) is 13.8 Å². The number of hydrogen-bond donors (Lipinski definition) is 2. The lowest BCUT2D eigenvalue weighted by Gasteiger charge is -2.07. The molecule has 3 aromatic rings. The standard InChI is InChI=1S/C14H9ClF2N6/c15-11-3-1-2-10(20-11)12-21-13(18)23-14(22-12)19-9-5-7(16)4-8(17)6-9/h1-6H,(H3,18,19,21,22,23). The van der Waals surface area contributed by atoms with Crippen LogP contribution in [0.5, 0.6) is 0 Å². The number of nitrogen functional groups attached to an aromatic ring is 1. The number of pyridine rings is 1. The molecule has 0 radical (unpaired) electrons. The van der Waals surface area contributed by atoms with Crippen molar-refractivity contribution < 1.29 is 8.78 Å². The van der Waals surface area contributed by atoms with Crippen LogP contribution in [0.3, 0.4) is 0 Å². The first-order valence-corrected chi connectivity index (χ1v) is 6.75. The van der Waals surface area contributed by atoms with Gasteiger partial charge in [-0.15, -0.1) is 0 Å². The lowest BCUT2D eigenvalue weighted by Crippen LogP contribution is -2.06. The highest BCUT2D eigenvalue weighted by molar-refractivity contribution is 6.29. The zero-order valence-corrected chi connectivity index (χ0v) is 12.2. The molecule has 0 atom stereocenters. The molecule has 3 N–H and O–H groups in total. The van der Waals surface area contributed by atoms with Crippen molar-refractivity contribution in [3.05, 3.63) is 53.2 Å². The summed E-state index contributed by atoms with van der Waals surface area (Å²) in [6, 6.07) is 7.88. The number of benzene rings is 1. The molecule has 3 rings (SSSR count). The van der Waals surface area contributed by atoms with E-state index in [2.05, 4.69) is 25.3 Å². The van der Waals surface area contributed by atoms with Crippen molar-refractivity contribution in [2.24, 2.45) is 0 Å². The van der Waals surface area contributed by atoms with Gasteiger partial charge in [-0.1, -0.05) is 17.7 Å². The molecule has 9 heteroatoms. The Bertz CT molecular complexity index is 853. The van der Waals surface area contributed by atoms with Crippen LogP contribution >= 0.6 is 11.6 Å². The van der Waals surface area contributed by atoms with E-state index in [1.165, 1.54) is 0 Å². The fourth-order valence-corrected chi connectivity index (χ4v) is 2.01. The molecule has 0 fully saturated rings. The van der Waals surface area contributed by atoms with Gasteiger partial charge in [0.2, 0.25) is 11.9 Å². The van der Waals surface area contributed by atoms with Crippen molar-refractivity contribution in [1.82, 2.24) is 19.9 Å². The van der Waals surface area contributed by atoms with Gasteiger partial charge in [0.15, 0.2) is 5.82 Å². The number of anilines is 3. The fraction of sp³-hybridized carbons (Fsp3) is 0. The molecule has 6 nitrogen and oxygen atoms in total. The average molecular weight is 335 g/mol. The van der Waals surface area contributed by atoms with E-state index in [1.54, 1.807) is 18.2 Å². The van der Waals surface area contributed by atoms with Gasteiger partial charge in [-0.2, -0.15) is 15.0 Å². The van der Waals surface area contributed by atoms with Gasteiger partial charge in [-0.3, -0.25) is 0 Å². The van der Waals surface area contributed by atoms with Crippen molar-refractivity contribution in [3.63, 3.8) is 0 Å². The number of rotatable bonds is 3. The predicted molar refractivity (Wildman–Crippen MR) is 82.1 cm³/mol. The molecule has 0 amide bonds. The monoisotopic (exact) mass is 334 g/mol. The Kier molecular flexibility index (Phi) is 3.98. The third kappa shape index (κ3) is 3.67. The molecule has 0 aliphatic heterocycles. The Hall–Kier alpha value is -2.87. The van der Waals surface area contributed by atoms with Crippen molar-refractivity contribution in [2.45, 2.75) is 0 Å². The molecule has 0 saturated carbocycles. The Morgan fingerprint density at radius 2 is 1.70 bits per heavy atom. The van der Waals surface area contributed by atoms with Gasteiger partial charge in [0, 0.05) is 11.8 Å². The molecule has 0 aliphatic rings. The van der Waals surface area contributed by atoms with Gasteiger partial charge < -0.3 is 11.1 Å². The van der Waals surface area contributed by atoms with E-state index in [0.717, 1.165) is 18.2 Å². The zero-order valence-electron chi connectivity index (χ0n) is 11.5. The highest BCUT2D eigenvalue weighted by atomic mass is 35.5. The average Bonchev–Trinajstić information content (AvgIpc) is 2.45. The molecule has 0 bridgehead atoms. The summed E-state index contributed by atoms with van der Waals surface area (Å²) in [6.07, 6.45) is 0. The highest BCUT2D eigenvalue weighted by Crippen LogP contribution is 2.20. The van der Waals surface area contributed by atoms with Crippen LogP contribution in [-0.2, 0) is 0 Å². The number of nitrogens with zero attached hydrogens (tertiary/aromatic N) is 4. The Morgan fingerprint density at radius 3 is 2.39 bits per heavy atom. The lowest BCUT2D eigenvalue weighted by atomic mass is 10.3. The van der Waals surface area contributed by atoms with Crippen LogP contribution in [0.2, 0.25) is 5.15 Å². The van der Waals surface area contributed by atoms with Gasteiger partial charge in [0.1, 0.15) is 22.5 Å². The van der Waals surface area contributed by atoms with Crippen LogP contribution in [0.1, 0.15) is 0 Å². The summed E-state index contributed by atoms with van der Waals surface area (Å²) in [4.78, 5) is 16.0. The summed E-state index contributed by atoms with van der Waals surface area (Å²) in [5.74, 6) is -1.33. The molecule has 116 valence electrons. The molecule has 23 heavy (non-hydrogen) atoms. The number of nitrogens with one attached hydrogen (secondary N) is 1. The summed E-state index contributed by atoms with van der Waals surface area (Å²) in [6.45, 7) is 0. The maximum Gasteiger partial charge on any atom is 0.232 e. The van der Waals surface area contributed by atoms with Crippen LogP contribution < -0.4 is 11.1 Å². The van der Waals surface area contributed by atoms with Crippen LogP contribution in [0.15, 0.2) is 36.4 Å². The van der Waals surface area contributed by atoms with Crippen LogP contribution in [0, 0.1) is 11.6 Å². The third-order valence-corrected chi connectivity index (χ3v) is 2.93. The maximum absolute atomic E-state index is 13.2. The summed E-state index contributed by atoms with van der Waals surface area (Å²) in [7, 11) is 0. The van der Waals surface area contributed by atoms with Crippen molar-refractivity contribution in [3.8, 4) is 11.5 Å². The smallest absolute Gasteiger partial charge is 0.232 e. The van der Waals surface area contributed by atoms with Gasteiger partial charge in [0.25, 0.3) is 0 Å². The number of aromatic nitrogens is 4. The van der Waals surface area contributed by atoms with Crippen molar-refractivity contribution >= 4 is 29.2 Å². The van der Waals surface area contributed by atoms with Crippen LogP contribution in [0.25, 0.3) is 11.5 Å². The Balaban J connectivity index is 1.97. The minimum atomic E-state index is -0.730. The SMILES string of the molecule is Nc1nc(Nc2cc(F)cc(F)c2)nc(-c2cccc(Cl)n2)n1. The van der Waals surface area contributed by atoms with E-state index in [1.807, 2.05) is 0 Å². The molecule has 2 aromatic heterocycles. The Morgan fingerprint density at radius 1 is 0.957 bits per heavy atom. The Labute approximate surface area is 134 Å². The fourth-order valence-electron chi connectivity index (χ4n) is 1.85. The summed E-state index contributed by atoms with van der Waals surface area (Å²) in [5.41, 5.74) is 6.16.